The first kappa shape index (κ1) is 10.8. The molecule has 2 rings (SSSR count). The molecule has 0 spiro atoms. The number of hydrogen-bond acceptors (Lipinski definition) is 3. The fraction of sp³-hybridized carbons (Fsp3) is 0.333. The highest BCUT2D eigenvalue weighted by Gasteiger charge is 2.15. The van der Waals surface area contributed by atoms with Gasteiger partial charge in [0, 0.05) is 6.54 Å². The predicted octanol–water partition coefficient (Wildman–Crippen LogP) is 1.85. The number of aromatic nitrogens is 3. The van der Waals surface area contributed by atoms with Crippen LogP contribution in [0.4, 0.5) is 0 Å². The minimum Gasteiger partial charge on any atom is -0.325 e. The Morgan fingerprint density at radius 2 is 1.94 bits per heavy atom. The van der Waals surface area contributed by atoms with Crippen LogP contribution in [0.5, 0.6) is 0 Å². The summed E-state index contributed by atoms with van der Waals surface area (Å²) < 4.78 is 1.87. The van der Waals surface area contributed by atoms with Crippen molar-refractivity contribution in [3.8, 4) is 5.69 Å². The van der Waals surface area contributed by atoms with Crippen LogP contribution in [0.3, 0.4) is 0 Å². The van der Waals surface area contributed by atoms with Gasteiger partial charge in [0.2, 0.25) is 0 Å². The third-order valence-electron chi connectivity index (χ3n) is 2.52. The normalized spacial score (nSPS) is 11.0. The minimum atomic E-state index is 0.355. The Labute approximate surface area is 95.1 Å². The second-order valence-corrected chi connectivity index (χ2v) is 4.03. The van der Waals surface area contributed by atoms with Crippen LogP contribution >= 0.6 is 0 Å². The lowest BCUT2D eigenvalue weighted by molar-refractivity contribution is 0.714. The van der Waals surface area contributed by atoms with E-state index in [9.17, 15) is 0 Å². The van der Waals surface area contributed by atoms with Crippen LogP contribution in [-0.2, 0) is 6.54 Å². The Bertz CT molecular complexity index is 459. The molecule has 0 atom stereocenters. The van der Waals surface area contributed by atoms with Crippen LogP contribution in [-0.4, -0.2) is 15.0 Å². The molecule has 0 fully saturated rings. The van der Waals surface area contributed by atoms with Gasteiger partial charge in [0.15, 0.2) is 0 Å². The Hall–Kier alpha value is -1.68. The number of benzene rings is 1. The first-order chi connectivity index (χ1) is 7.74. The Morgan fingerprint density at radius 1 is 1.25 bits per heavy atom. The molecule has 84 valence electrons. The van der Waals surface area contributed by atoms with E-state index in [4.69, 9.17) is 5.73 Å². The maximum atomic E-state index is 5.66. The van der Waals surface area contributed by atoms with Gasteiger partial charge in [-0.3, -0.25) is 0 Å². The van der Waals surface area contributed by atoms with E-state index in [1.807, 2.05) is 35.0 Å². The molecule has 2 N–H and O–H groups in total. The quantitative estimate of drug-likeness (QED) is 0.851. The summed E-state index contributed by atoms with van der Waals surface area (Å²) in [5.41, 5.74) is 8.66. The van der Waals surface area contributed by atoms with Gasteiger partial charge < -0.3 is 5.73 Å². The van der Waals surface area contributed by atoms with Crippen LogP contribution in [0.15, 0.2) is 30.3 Å². The second kappa shape index (κ2) is 4.45. The lowest BCUT2D eigenvalue weighted by Gasteiger charge is -2.10. The van der Waals surface area contributed by atoms with E-state index < -0.39 is 0 Å². The van der Waals surface area contributed by atoms with Crippen LogP contribution in [0, 0.1) is 0 Å². The molecule has 1 heterocycles. The summed E-state index contributed by atoms with van der Waals surface area (Å²) in [6.45, 7) is 4.68. The smallest absolute Gasteiger partial charge is 0.100 e. The Morgan fingerprint density at radius 3 is 2.50 bits per heavy atom. The zero-order chi connectivity index (χ0) is 11.5. The second-order valence-electron chi connectivity index (χ2n) is 4.03. The molecular formula is C12H16N4. The van der Waals surface area contributed by atoms with E-state index in [-0.39, 0.29) is 0 Å². The van der Waals surface area contributed by atoms with Crippen LogP contribution in [0.1, 0.15) is 31.2 Å². The summed E-state index contributed by atoms with van der Waals surface area (Å²) in [5.74, 6) is 0.355. The van der Waals surface area contributed by atoms with Gasteiger partial charge >= 0.3 is 0 Å². The highest BCUT2D eigenvalue weighted by atomic mass is 15.4. The van der Waals surface area contributed by atoms with E-state index in [1.54, 1.807) is 0 Å². The fourth-order valence-corrected chi connectivity index (χ4v) is 1.80. The lowest BCUT2D eigenvalue weighted by Crippen LogP contribution is -2.07. The average molecular weight is 216 g/mol. The van der Waals surface area contributed by atoms with Crippen molar-refractivity contribution < 1.29 is 0 Å². The summed E-state index contributed by atoms with van der Waals surface area (Å²) in [5, 5.41) is 8.29. The third-order valence-corrected chi connectivity index (χ3v) is 2.52. The van der Waals surface area contributed by atoms with Crippen molar-refractivity contribution in [1.82, 2.24) is 15.0 Å². The molecule has 1 aromatic heterocycles. The Balaban J connectivity index is 2.53. The van der Waals surface area contributed by atoms with Crippen molar-refractivity contribution in [2.75, 3.05) is 0 Å². The van der Waals surface area contributed by atoms with Gasteiger partial charge in [-0.1, -0.05) is 37.3 Å². The van der Waals surface area contributed by atoms with Gasteiger partial charge in [0.25, 0.3) is 0 Å². The largest absolute Gasteiger partial charge is 0.325 e. The number of rotatable bonds is 3. The lowest BCUT2D eigenvalue weighted by atomic mass is 10.1. The van der Waals surface area contributed by atoms with E-state index in [0.29, 0.717) is 12.5 Å². The van der Waals surface area contributed by atoms with Crippen molar-refractivity contribution in [3.63, 3.8) is 0 Å². The molecule has 4 nitrogen and oxygen atoms in total. The molecule has 1 aromatic carbocycles. The summed E-state index contributed by atoms with van der Waals surface area (Å²) >= 11 is 0. The highest BCUT2D eigenvalue weighted by molar-refractivity contribution is 5.34. The van der Waals surface area contributed by atoms with E-state index in [0.717, 1.165) is 17.1 Å². The molecule has 16 heavy (non-hydrogen) atoms. The molecule has 4 heteroatoms. The first-order valence-electron chi connectivity index (χ1n) is 5.44. The molecule has 0 radical (unpaired) electrons. The zero-order valence-corrected chi connectivity index (χ0v) is 9.59. The number of hydrogen-bond donors (Lipinski definition) is 1. The van der Waals surface area contributed by atoms with E-state index >= 15 is 0 Å². The van der Waals surface area contributed by atoms with Crippen LogP contribution < -0.4 is 5.73 Å². The van der Waals surface area contributed by atoms with Gasteiger partial charge in [0.1, 0.15) is 5.69 Å². The molecule has 0 saturated carbocycles. The van der Waals surface area contributed by atoms with Crippen molar-refractivity contribution in [2.24, 2.45) is 5.73 Å². The molecule has 0 aliphatic heterocycles. The highest BCUT2D eigenvalue weighted by Crippen LogP contribution is 2.20. The predicted molar refractivity (Wildman–Crippen MR) is 63.3 cm³/mol. The first-order valence-corrected chi connectivity index (χ1v) is 5.44. The molecule has 0 bridgehead atoms. The van der Waals surface area contributed by atoms with Gasteiger partial charge in [-0.15, -0.1) is 5.10 Å². The Kier molecular flexibility index (Phi) is 3.01. The number of para-hydroxylation sites is 1. The summed E-state index contributed by atoms with van der Waals surface area (Å²) in [7, 11) is 0. The van der Waals surface area contributed by atoms with Gasteiger partial charge in [-0.05, 0) is 18.1 Å². The molecule has 2 aromatic rings. The van der Waals surface area contributed by atoms with Crippen LogP contribution in [0.25, 0.3) is 5.69 Å². The molecule has 0 aliphatic carbocycles. The average Bonchev–Trinajstić information content (AvgIpc) is 2.73. The van der Waals surface area contributed by atoms with Crippen molar-refractivity contribution >= 4 is 0 Å². The maximum absolute atomic E-state index is 5.66. The van der Waals surface area contributed by atoms with Gasteiger partial charge in [-0.2, -0.15) is 0 Å². The molecule has 0 aliphatic rings. The monoisotopic (exact) mass is 216 g/mol. The number of nitrogens with zero attached hydrogens (tertiary/aromatic N) is 3. The number of nitrogens with two attached hydrogens (primary N) is 1. The van der Waals surface area contributed by atoms with E-state index in [1.165, 1.54) is 0 Å². The van der Waals surface area contributed by atoms with Gasteiger partial charge in [0.05, 0.1) is 11.4 Å². The van der Waals surface area contributed by atoms with Crippen molar-refractivity contribution in [3.05, 3.63) is 41.7 Å². The maximum Gasteiger partial charge on any atom is 0.100 e. The molecule has 0 saturated heterocycles. The molecule has 0 unspecified atom stereocenters. The summed E-state index contributed by atoms with van der Waals surface area (Å²) in [4.78, 5) is 0. The van der Waals surface area contributed by atoms with Crippen LogP contribution in [0.2, 0.25) is 0 Å². The standard InChI is InChI=1S/C12H16N4/c1-9(2)12-11(8-13)14-15-16(12)10-6-4-3-5-7-10/h3-7,9H,8,13H2,1-2H3. The molecular weight excluding hydrogens is 200 g/mol. The molecule has 0 amide bonds. The SMILES string of the molecule is CC(C)c1c(CN)nnn1-c1ccccc1. The third kappa shape index (κ3) is 1.84. The minimum absolute atomic E-state index is 0.355. The topological polar surface area (TPSA) is 56.7 Å². The van der Waals surface area contributed by atoms with Crippen molar-refractivity contribution in [2.45, 2.75) is 26.3 Å². The van der Waals surface area contributed by atoms with Gasteiger partial charge in [-0.25, -0.2) is 4.68 Å². The fourth-order valence-electron chi connectivity index (χ4n) is 1.80. The van der Waals surface area contributed by atoms with Crippen molar-refractivity contribution in [1.29, 1.82) is 0 Å². The zero-order valence-electron chi connectivity index (χ0n) is 9.59. The summed E-state index contributed by atoms with van der Waals surface area (Å²) in [6, 6.07) is 9.99. The summed E-state index contributed by atoms with van der Waals surface area (Å²) in [6.07, 6.45) is 0. The van der Waals surface area contributed by atoms with E-state index in [2.05, 4.69) is 24.2 Å².